The van der Waals surface area contributed by atoms with Crippen molar-refractivity contribution in [1.82, 2.24) is 0 Å². The zero-order valence-corrected chi connectivity index (χ0v) is 10.3. The Hall–Kier alpha value is -1.87. The van der Waals surface area contributed by atoms with Crippen molar-refractivity contribution in [3.63, 3.8) is 0 Å². The first kappa shape index (κ1) is 14.2. The Morgan fingerprint density at radius 2 is 2.11 bits per heavy atom. The van der Waals surface area contributed by atoms with Gasteiger partial charge in [-0.15, -0.1) is 0 Å². The van der Waals surface area contributed by atoms with Gasteiger partial charge in [0.05, 0.1) is 23.9 Å². The van der Waals surface area contributed by atoms with Gasteiger partial charge in [0.25, 0.3) is 0 Å². The summed E-state index contributed by atoms with van der Waals surface area (Å²) in [6.45, 7) is -0.178. The predicted molar refractivity (Wildman–Crippen MR) is 63.1 cm³/mol. The molecule has 0 unspecified atom stereocenters. The Balaban J connectivity index is 2.79. The molecule has 0 radical (unpaired) electrons. The summed E-state index contributed by atoms with van der Waals surface area (Å²) in [5, 5.41) is 15.5. The molecule has 9 heteroatoms. The average molecular weight is 276 g/mol. The number of ether oxygens (including phenoxy) is 2. The molecule has 1 aromatic rings. The molecule has 0 atom stereocenters. The lowest BCUT2D eigenvalue weighted by Crippen LogP contribution is -2.21. The zero-order chi connectivity index (χ0) is 13.8. The molecular formula is C9H12N2O6S. The quantitative estimate of drug-likeness (QED) is 0.587. The summed E-state index contributed by atoms with van der Waals surface area (Å²) in [7, 11) is -2.31. The van der Waals surface area contributed by atoms with E-state index in [1.807, 2.05) is 0 Å². The van der Waals surface area contributed by atoms with Crippen LogP contribution in [-0.2, 0) is 10.0 Å². The zero-order valence-electron chi connectivity index (χ0n) is 9.53. The third kappa shape index (κ3) is 4.18. The molecule has 0 amide bonds. The first-order valence-electron chi connectivity index (χ1n) is 4.79. The molecule has 0 aliphatic heterocycles. The van der Waals surface area contributed by atoms with Gasteiger partial charge in [-0.1, -0.05) is 0 Å². The summed E-state index contributed by atoms with van der Waals surface area (Å²) < 4.78 is 31.2. The van der Waals surface area contributed by atoms with Crippen LogP contribution in [-0.4, -0.2) is 32.8 Å². The molecule has 0 aliphatic carbocycles. The standard InChI is InChI=1S/C9H12N2O6S/c1-16-9-3-2-7(6-8(9)11(12)13)17-4-5-18(10,14)15/h2-3,6H,4-5H2,1H3,(H2,10,14,15). The SMILES string of the molecule is COc1ccc(OCCS(N)(=O)=O)cc1[N+](=O)[O-]. The van der Waals surface area contributed by atoms with Gasteiger partial charge in [-0.05, 0) is 12.1 Å². The summed E-state index contributed by atoms with van der Waals surface area (Å²) >= 11 is 0. The lowest BCUT2D eigenvalue weighted by atomic mass is 10.3. The van der Waals surface area contributed by atoms with E-state index in [1.165, 1.54) is 19.2 Å². The molecule has 0 fully saturated rings. The van der Waals surface area contributed by atoms with Gasteiger partial charge < -0.3 is 9.47 Å². The van der Waals surface area contributed by atoms with Crippen LogP contribution >= 0.6 is 0 Å². The van der Waals surface area contributed by atoms with Crippen LogP contribution in [0.1, 0.15) is 0 Å². The lowest BCUT2D eigenvalue weighted by Gasteiger charge is -2.06. The number of nitro benzene ring substituents is 1. The minimum Gasteiger partial charge on any atom is -0.492 e. The second kappa shape index (κ2) is 5.65. The highest BCUT2D eigenvalue weighted by molar-refractivity contribution is 7.89. The van der Waals surface area contributed by atoms with Crippen LogP contribution in [0.4, 0.5) is 5.69 Å². The molecule has 0 aliphatic rings. The Morgan fingerprint density at radius 3 is 2.61 bits per heavy atom. The molecule has 0 saturated heterocycles. The maximum Gasteiger partial charge on any atom is 0.314 e. The number of nitrogens with two attached hydrogens (primary N) is 1. The fraction of sp³-hybridized carbons (Fsp3) is 0.333. The van der Waals surface area contributed by atoms with Crippen LogP contribution in [0.3, 0.4) is 0 Å². The van der Waals surface area contributed by atoms with Gasteiger partial charge in [0.15, 0.2) is 5.75 Å². The van der Waals surface area contributed by atoms with Crippen molar-refractivity contribution in [3.8, 4) is 11.5 Å². The monoisotopic (exact) mass is 276 g/mol. The van der Waals surface area contributed by atoms with Crippen molar-refractivity contribution < 1.29 is 22.8 Å². The van der Waals surface area contributed by atoms with Gasteiger partial charge >= 0.3 is 5.69 Å². The number of methoxy groups -OCH3 is 1. The third-order valence-electron chi connectivity index (χ3n) is 1.98. The maximum atomic E-state index is 10.7. The van der Waals surface area contributed by atoms with Gasteiger partial charge in [0.2, 0.25) is 10.0 Å². The molecule has 0 saturated carbocycles. The first-order valence-corrected chi connectivity index (χ1v) is 6.51. The number of hydrogen-bond acceptors (Lipinski definition) is 6. The number of nitro groups is 1. The summed E-state index contributed by atoms with van der Waals surface area (Å²) in [4.78, 5) is 10.1. The van der Waals surface area contributed by atoms with Crippen molar-refractivity contribution in [2.45, 2.75) is 0 Å². The van der Waals surface area contributed by atoms with Gasteiger partial charge in [-0.25, -0.2) is 13.6 Å². The van der Waals surface area contributed by atoms with Gasteiger partial charge in [-0.3, -0.25) is 10.1 Å². The smallest absolute Gasteiger partial charge is 0.314 e. The van der Waals surface area contributed by atoms with E-state index in [0.29, 0.717) is 0 Å². The van der Waals surface area contributed by atoms with E-state index in [2.05, 4.69) is 0 Å². The highest BCUT2D eigenvalue weighted by Gasteiger charge is 2.16. The van der Waals surface area contributed by atoms with E-state index < -0.39 is 14.9 Å². The van der Waals surface area contributed by atoms with Crippen LogP contribution in [0.2, 0.25) is 0 Å². The lowest BCUT2D eigenvalue weighted by molar-refractivity contribution is -0.385. The fourth-order valence-electron chi connectivity index (χ4n) is 1.18. The molecule has 2 N–H and O–H groups in total. The van der Waals surface area contributed by atoms with Crippen LogP contribution in [0, 0.1) is 10.1 Å². The molecule has 18 heavy (non-hydrogen) atoms. The molecule has 1 aromatic carbocycles. The van der Waals surface area contributed by atoms with Crippen molar-refractivity contribution in [2.75, 3.05) is 19.5 Å². The predicted octanol–water partition coefficient (Wildman–Crippen LogP) is 0.271. The van der Waals surface area contributed by atoms with Crippen LogP contribution in [0.25, 0.3) is 0 Å². The fourth-order valence-corrected chi connectivity index (χ4v) is 1.49. The number of sulfonamides is 1. The Labute approximate surface area is 104 Å². The van der Waals surface area contributed by atoms with Crippen molar-refractivity contribution in [2.24, 2.45) is 5.14 Å². The molecule has 0 bridgehead atoms. The van der Waals surface area contributed by atoms with Crippen molar-refractivity contribution >= 4 is 15.7 Å². The number of nitrogens with zero attached hydrogens (tertiary/aromatic N) is 1. The van der Waals surface area contributed by atoms with E-state index in [-0.39, 0.29) is 29.5 Å². The molecule has 0 aromatic heterocycles. The van der Waals surface area contributed by atoms with Crippen molar-refractivity contribution in [3.05, 3.63) is 28.3 Å². The Bertz CT molecular complexity index is 542. The molecule has 0 spiro atoms. The van der Waals surface area contributed by atoms with Gasteiger partial charge in [-0.2, -0.15) is 0 Å². The van der Waals surface area contributed by atoms with Crippen LogP contribution in [0.5, 0.6) is 11.5 Å². The third-order valence-corrected chi connectivity index (χ3v) is 2.72. The van der Waals surface area contributed by atoms with Crippen LogP contribution < -0.4 is 14.6 Å². The van der Waals surface area contributed by atoms with E-state index >= 15 is 0 Å². The summed E-state index contributed by atoms with van der Waals surface area (Å²) in [6, 6.07) is 3.96. The second-order valence-electron chi connectivity index (χ2n) is 3.31. The molecule has 100 valence electrons. The normalized spacial score (nSPS) is 11.0. The topological polar surface area (TPSA) is 122 Å². The number of hydrogen-bond donors (Lipinski definition) is 1. The molecule has 8 nitrogen and oxygen atoms in total. The highest BCUT2D eigenvalue weighted by Crippen LogP contribution is 2.30. The summed E-state index contributed by atoms with van der Waals surface area (Å²) in [6.07, 6.45) is 0. The Kier molecular flexibility index (Phi) is 4.45. The van der Waals surface area contributed by atoms with Crippen LogP contribution in [0.15, 0.2) is 18.2 Å². The van der Waals surface area contributed by atoms with Gasteiger partial charge in [0, 0.05) is 0 Å². The summed E-state index contributed by atoms with van der Waals surface area (Å²) in [5.74, 6) is -0.0998. The first-order chi connectivity index (χ1) is 8.33. The number of primary sulfonamides is 1. The van der Waals surface area contributed by atoms with Gasteiger partial charge in [0.1, 0.15) is 12.4 Å². The Morgan fingerprint density at radius 1 is 1.44 bits per heavy atom. The number of benzene rings is 1. The molecular weight excluding hydrogens is 264 g/mol. The second-order valence-corrected chi connectivity index (χ2v) is 5.04. The average Bonchev–Trinajstić information content (AvgIpc) is 2.27. The van der Waals surface area contributed by atoms with E-state index in [1.54, 1.807) is 0 Å². The highest BCUT2D eigenvalue weighted by atomic mass is 32.2. The minimum atomic E-state index is -3.62. The minimum absolute atomic E-state index is 0.0961. The number of rotatable bonds is 6. The van der Waals surface area contributed by atoms with E-state index in [0.717, 1.165) is 6.07 Å². The largest absolute Gasteiger partial charge is 0.492 e. The van der Waals surface area contributed by atoms with E-state index in [9.17, 15) is 18.5 Å². The maximum absolute atomic E-state index is 10.7. The summed E-state index contributed by atoms with van der Waals surface area (Å²) in [5.41, 5.74) is -0.259. The molecule has 0 heterocycles. The van der Waals surface area contributed by atoms with Crippen molar-refractivity contribution in [1.29, 1.82) is 0 Å². The van der Waals surface area contributed by atoms with E-state index in [4.69, 9.17) is 14.6 Å². The molecule has 1 rings (SSSR count).